The first-order valence-electron chi connectivity index (χ1n) is 10.0. The van der Waals surface area contributed by atoms with Gasteiger partial charge in [-0.15, -0.1) is 0 Å². The standard InChI is InChI=1S/C22H24FIN4O3/c1-22(2)30-10-8-14(31-22)12-26-21(29)18-15-5-4-9-25-19(15)28(3)20(18)27-17-7-6-13(24)11-16(17)23/h4-7,9,11,14,27H,8,10,12H2,1-3H3,(H,26,29)/t14-/m0/s1. The number of pyridine rings is 1. The summed E-state index contributed by atoms with van der Waals surface area (Å²) in [5.41, 5.74) is 1.33. The number of benzene rings is 1. The molecule has 1 saturated heterocycles. The first-order chi connectivity index (χ1) is 14.7. The van der Waals surface area contributed by atoms with Crippen LogP contribution in [0.1, 0.15) is 30.6 Å². The molecule has 1 fully saturated rings. The maximum absolute atomic E-state index is 14.5. The second-order valence-corrected chi connectivity index (χ2v) is 9.14. The Morgan fingerprint density at radius 3 is 2.94 bits per heavy atom. The van der Waals surface area contributed by atoms with E-state index in [9.17, 15) is 9.18 Å². The van der Waals surface area contributed by atoms with E-state index >= 15 is 0 Å². The maximum atomic E-state index is 14.5. The minimum absolute atomic E-state index is 0.147. The van der Waals surface area contributed by atoms with Gasteiger partial charge in [0.15, 0.2) is 5.79 Å². The molecular weight excluding hydrogens is 514 g/mol. The number of aromatic nitrogens is 2. The third-order valence-corrected chi connectivity index (χ3v) is 5.86. The van der Waals surface area contributed by atoms with Crippen molar-refractivity contribution in [2.24, 2.45) is 7.05 Å². The van der Waals surface area contributed by atoms with E-state index in [1.54, 1.807) is 36.0 Å². The molecule has 31 heavy (non-hydrogen) atoms. The second-order valence-electron chi connectivity index (χ2n) is 7.89. The molecule has 2 aromatic heterocycles. The number of carbonyl (C=O) groups excluding carboxylic acids is 1. The summed E-state index contributed by atoms with van der Waals surface area (Å²) in [6, 6.07) is 8.51. The summed E-state index contributed by atoms with van der Waals surface area (Å²) >= 11 is 2.06. The van der Waals surface area contributed by atoms with Crippen molar-refractivity contribution in [1.82, 2.24) is 14.9 Å². The van der Waals surface area contributed by atoms with Crippen LogP contribution in [0.4, 0.5) is 15.9 Å². The zero-order valence-electron chi connectivity index (χ0n) is 17.5. The molecule has 1 aliphatic heterocycles. The smallest absolute Gasteiger partial charge is 0.255 e. The van der Waals surface area contributed by atoms with Crippen molar-refractivity contribution in [2.45, 2.75) is 32.2 Å². The summed E-state index contributed by atoms with van der Waals surface area (Å²) in [6.45, 7) is 4.63. The largest absolute Gasteiger partial charge is 0.350 e. The fourth-order valence-corrected chi connectivity index (χ4v) is 4.18. The molecule has 0 aliphatic carbocycles. The van der Waals surface area contributed by atoms with Gasteiger partial charge in [0.25, 0.3) is 5.91 Å². The molecule has 2 N–H and O–H groups in total. The van der Waals surface area contributed by atoms with Crippen molar-refractivity contribution in [1.29, 1.82) is 0 Å². The van der Waals surface area contributed by atoms with Crippen molar-refractivity contribution < 1.29 is 18.7 Å². The fourth-order valence-electron chi connectivity index (χ4n) is 3.72. The lowest BCUT2D eigenvalue weighted by atomic mass is 10.1. The van der Waals surface area contributed by atoms with Crippen molar-refractivity contribution in [2.75, 3.05) is 18.5 Å². The van der Waals surface area contributed by atoms with Gasteiger partial charge in [-0.1, -0.05) is 0 Å². The molecule has 164 valence electrons. The predicted molar refractivity (Wildman–Crippen MR) is 125 cm³/mol. The maximum Gasteiger partial charge on any atom is 0.255 e. The topological polar surface area (TPSA) is 77.4 Å². The molecule has 0 radical (unpaired) electrons. The lowest BCUT2D eigenvalue weighted by Gasteiger charge is -2.36. The third-order valence-electron chi connectivity index (χ3n) is 5.19. The minimum atomic E-state index is -0.675. The summed E-state index contributed by atoms with van der Waals surface area (Å²) in [6.07, 6.45) is 2.21. The van der Waals surface area contributed by atoms with Crippen LogP contribution in [0.5, 0.6) is 0 Å². The quantitative estimate of drug-likeness (QED) is 0.473. The van der Waals surface area contributed by atoms with Crippen LogP contribution in [0.25, 0.3) is 11.0 Å². The zero-order chi connectivity index (χ0) is 22.2. The van der Waals surface area contributed by atoms with Gasteiger partial charge >= 0.3 is 0 Å². The molecule has 0 bridgehead atoms. The van der Waals surface area contributed by atoms with E-state index in [0.717, 1.165) is 3.57 Å². The van der Waals surface area contributed by atoms with E-state index in [4.69, 9.17) is 9.47 Å². The van der Waals surface area contributed by atoms with E-state index in [1.807, 2.05) is 19.9 Å². The Labute approximate surface area is 193 Å². The second kappa shape index (κ2) is 8.71. The highest BCUT2D eigenvalue weighted by Crippen LogP contribution is 2.32. The highest BCUT2D eigenvalue weighted by Gasteiger charge is 2.30. The predicted octanol–water partition coefficient (Wildman–Crippen LogP) is 4.33. The first kappa shape index (κ1) is 22.0. The summed E-state index contributed by atoms with van der Waals surface area (Å²) in [7, 11) is 1.79. The number of nitrogens with zero attached hydrogens (tertiary/aromatic N) is 2. The number of aryl methyl sites for hydroxylation is 1. The summed E-state index contributed by atoms with van der Waals surface area (Å²) in [4.78, 5) is 17.7. The van der Waals surface area contributed by atoms with Gasteiger partial charge in [-0.3, -0.25) is 4.79 Å². The molecular formula is C22H24FIN4O3. The molecule has 1 aromatic carbocycles. The van der Waals surface area contributed by atoms with Gasteiger partial charge in [0.05, 0.1) is 24.0 Å². The Kier molecular flexibility index (Phi) is 6.18. The average molecular weight is 538 g/mol. The van der Waals surface area contributed by atoms with Gasteiger partial charge in [0, 0.05) is 28.7 Å². The number of carbonyl (C=O) groups is 1. The summed E-state index contributed by atoms with van der Waals surface area (Å²) in [5, 5.41) is 6.74. The number of rotatable bonds is 5. The number of amides is 1. The molecule has 1 aliphatic rings. The highest BCUT2D eigenvalue weighted by atomic mass is 127. The van der Waals surface area contributed by atoms with E-state index in [0.29, 0.717) is 42.0 Å². The van der Waals surface area contributed by atoms with Crippen molar-refractivity contribution in [3.63, 3.8) is 0 Å². The van der Waals surface area contributed by atoms with Crippen molar-refractivity contribution in [3.05, 3.63) is 51.5 Å². The summed E-state index contributed by atoms with van der Waals surface area (Å²) in [5.74, 6) is -0.875. The molecule has 9 heteroatoms. The van der Waals surface area contributed by atoms with Crippen LogP contribution in [-0.2, 0) is 16.5 Å². The molecule has 0 spiro atoms. The Hall–Kier alpha value is -2.24. The van der Waals surface area contributed by atoms with Crippen molar-refractivity contribution in [3.8, 4) is 0 Å². The summed E-state index contributed by atoms with van der Waals surface area (Å²) < 4.78 is 28.5. The van der Waals surface area contributed by atoms with Crippen LogP contribution in [0.15, 0.2) is 36.5 Å². The molecule has 1 amide bonds. The lowest BCUT2D eigenvalue weighted by molar-refractivity contribution is -0.271. The van der Waals surface area contributed by atoms with E-state index in [2.05, 4.69) is 38.2 Å². The average Bonchev–Trinajstić information content (AvgIpc) is 3.00. The fraction of sp³-hybridized carbons (Fsp3) is 0.364. The van der Waals surface area contributed by atoms with Crippen LogP contribution in [0.3, 0.4) is 0 Å². The number of hydrogen-bond donors (Lipinski definition) is 2. The molecule has 7 nitrogen and oxygen atoms in total. The van der Waals surface area contributed by atoms with Gasteiger partial charge in [-0.05, 0) is 73.2 Å². The van der Waals surface area contributed by atoms with E-state index in [1.165, 1.54) is 6.07 Å². The normalized spacial score (nSPS) is 18.2. The molecule has 1 atom stereocenters. The van der Waals surface area contributed by atoms with Crippen LogP contribution < -0.4 is 10.6 Å². The first-order valence-corrected chi connectivity index (χ1v) is 11.1. The number of nitrogens with one attached hydrogen (secondary N) is 2. The molecule has 4 rings (SSSR count). The Morgan fingerprint density at radius 1 is 1.39 bits per heavy atom. The zero-order valence-corrected chi connectivity index (χ0v) is 19.7. The number of ether oxygens (including phenoxy) is 2. The minimum Gasteiger partial charge on any atom is -0.350 e. The van der Waals surface area contributed by atoms with Gasteiger partial charge in [0.1, 0.15) is 17.3 Å². The number of anilines is 2. The van der Waals surface area contributed by atoms with Gasteiger partial charge in [-0.2, -0.15) is 0 Å². The van der Waals surface area contributed by atoms with Gasteiger partial charge < -0.3 is 24.7 Å². The number of fused-ring (bicyclic) bond motifs is 1. The highest BCUT2D eigenvalue weighted by molar-refractivity contribution is 14.1. The lowest BCUT2D eigenvalue weighted by Crippen LogP contribution is -2.45. The molecule has 3 heterocycles. The third kappa shape index (κ3) is 4.68. The van der Waals surface area contributed by atoms with Gasteiger partial charge in [-0.25, -0.2) is 9.37 Å². The van der Waals surface area contributed by atoms with Crippen LogP contribution in [-0.4, -0.2) is 40.5 Å². The van der Waals surface area contributed by atoms with Crippen LogP contribution in [0.2, 0.25) is 0 Å². The molecule has 3 aromatic rings. The van der Waals surface area contributed by atoms with Crippen LogP contribution >= 0.6 is 22.6 Å². The number of hydrogen-bond acceptors (Lipinski definition) is 5. The van der Waals surface area contributed by atoms with Gasteiger partial charge in [0.2, 0.25) is 0 Å². The Balaban J connectivity index is 1.64. The van der Waals surface area contributed by atoms with Crippen molar-refractivity contribution >= 4 is 51.0 Å². The SMILES string of the molecule is Cn1c(Nc2ccc(I)cc2F)c(C(=O)NC[C@@H]2CCOC(C)(C)O2)c2cccnc21. The van der Waals surface area contributed by atoms with E-state index < -0.39 is 11.6 Å². The van der Waals surface area contributed by atoms with E-state index in [-0.39, 0.29) is 17.7 Å². The van der Waals surface area contributed by atoms with Crippen LogP contribution in [0, 0.1) is 9.39 Å². The Morgan fingerprint density at radius 2 is 2.19 bits per heavy atom. The monoisotopic (exact) mass is 538 g/mol. The molecule has 0 unspecified atom stereocenters. The number of halogens is 2. The molecule has 0 saturated carbocycles. The Bertz CT molecular complexity index is 1130.